The number of hydrogen-bond acceptors (Lipinski definition) is 5. The predicted octanol–water partition coefficient (Wildman–Crippen LogP) is 1.98. The highest BCUT2D eigenvalue weighted by Crippen LogP contribution is 2.30. The maximum atomic E-state index is 11.7. The molecule has 82 valence electrons. The number of ketones is 1. The number of aromatic hydroxyl groups is 1. The van der Waals surface area contributed by atoms with Crippen molar-refractivity contribution in [1.29, 1.82) is 0 Å². The van der Waals surface area contributed by atoms with Gasteiger partial charge >= 0.3 is 5.97 Å². The average molecular weight is 238 g/mol. The van der Waals surface area contributed by atoms with E-state index >= 15 is 0 Å². The number of hydrogen-bond donors (Lipinski definition) is 2. The first-order valence-electron chi connectivity index (χ1n) is 4.24. The fourth-order valence-electron chi connectivity index (χ4n) is 1.17. The maximum absolute atomic E-state index is 11.7. The van der Waals surface area contributed by atoms with Crippen molar-refractivity contribution in [2.75, 3.05) is 0 Å². The van der Waals surface area contributed by atoms with Crippen LogP contribution >= 0.6 is 11.3 Å². The Morgan fingerprint density at radius 2 is 2.12 bits per heavy atom. The van der Waals surface area contributed by atoms with Gasteiger partial charge in [-0.2, -0.15) is 0 Å². The van der Waals surface area contributed by atoms with Gasteiger partial charge in [0.15, 0.2) is 5.76 Å². The Kier molecular flexibility index (Phi) is 2.49. The number of furan rings is 1. The molecule has 2 aromatic heterocycles. The van der Waals surface area contributed by atoms with E-state index in [1.807, 2.05) is 0 Å². The van der Waals surface area contributed by atoms with Crippen molar-refractivity contribution in [2.24, 2.45) is 0 Å². The van der Waals surface area contributed by atoms with Gasteiger partial charge in [-0.25, -0.2) is 4.79 Å². The third-order valence-corrected chi connectivity index (χ3v) is 2.99. The van der Waals surface area contributed by atoms with Crippen LogP contribution in [0.3, 0.4) is 0 Å². The minimum atomic E-state index is -1.18. The number of carbonyl (C=O) groups is 2. The summed E-state index contributed by atoms with van der Waals surface area (Å²) in [6.07, 6.45) is 1.33. The molecule has 0 aliphatic heterocycles. The van der Waals surface area contributed by atoms with Gasteiger partial charge in [0.25, 0.3) is 0 Å². The largest absolute Gasteiger partial charge is 0.506 e. The molecule has 0 radical (unpaired) electrons. The molecule has 0 bridgehead atoms. The highest BCUT2D eigenvalue weighted by atomic mass is 32.1. The summed E-state index contributed by atoms with van der Waals surface area (Å²) in [5.74, 6) is -1.99. The molecule has 0 aromatic carbocycles. The molecule has 2 rings (SSSR count). The Labute approximate surface area is 93.6 Å². The molecule has 0 amide bonds. The normalized spacial score (nSPS) is 10.2. The molecule has 2 N–H and O–H groups in total. The van der Waals surface area contributed by atoms with Crippen LogP contribution in [-0.2, 0) is 0 Å². The summed E-state index contributed by atoms with van der Waals surface area (Å²) in [4.78, 5) is 22.2. The highest BCUT2D eigenvalue weighted by Gasteiger charge is 2.21. The number of carboxylic acid groups (broad SMARTS) is 1. The zero-order valence-corrected chi connectivity index (χ0v) is 8.65. The molecule has 0 spiro atoms. The Hall–Kier alpha value is -2.08. The fraction of sp³-hybridized carbons (Fsp3) is 0. The van der Waals surface area contributed by atoms with Crippen molar-refractivity contribution in [3.63, 3.8) is 0 Å². The second kappa shape index (κ2) is 3.82. The van der Waals surface area contributed by atoms with Crippen molar-refractivity contribution in [3.05, 3.63) is 40.0 Å². The first-order valence-corrected chi connectivity index (χ1v) is 5.05. The summed E-state index contributed by atoms with van der Waals surface area (Å²) in [7, 11) is 0. The molecular weight excluding hydrogens is 232 g/mol. The summed E-state index contributed by atoms with van der Waals surface area (Å²) < 4.78 is 4.87. The number of carboxylic acids is 1. The monoisotopic (exact) mass is 238 g/mol. The van der Waals surface area contributed by atoms with Crippen molar-refractivity contribution < 1.29 is 24.2 Å². The lowest BCUT2D eigenvalue weighted by Gasteiger charge is -1.93. The van der Waals surface area contributed by atoms with Crippen molar-refractivity contribution in [1.82, 2.24) is 0 Å². The van der Waals surface area contributed by atoms with Gasteiger partial charge < -0.3 is 14.6 Å². The van der Waals surface area contributed by atoms with Gasteiger partial charge in [0, 0.05) is 6.07 Å². The summed E-state index contributed by atoms with van der Waals surface area (Å²) >= 11 is 0.715. The zero-order valence-electron chi connectivity index (χ0n) is 7.84. The van der Waals surface area contributed by atoms with Crippen LogP contribution in [-0.4, -0.2) is 22.0 Å². The molecule has 0 saturated carbocycles. The molecule has 5 nitrogen and oxygen atoms in total. The molecule has 0 aliphatic rings. The zero-order chi connectivity index (χ0) is 11.7. The van der Waals surface area contributed by atoms with E-state index < -0.39 is 11.8 Å². The average Bonchev–Trinajstić information content (AvgIpc) is 2.84. The van der Waals surface area contributed by atoms with E-state index in [-0.39, 0.29) is 21.3 Å². The number of rotatable bonds is 3. The van der Waals surface area contributed by atoms with Gasteiger partial charge in [-0.3, -0.25) is 4.79 Å². The van der Waals surface area contributed by atoms with Gasteiger partial charge in [0.1, 0.15) is 15.5 Å². The summed E-state index contributed by atoms with van der Waals surface area (Å²) in [5, 5.41) is 18.1. The lowest BCUT2D eigenvalue weighted by molar-refractivity contribution is 0.0701. The molecule has 2 heterocycles. The molecule has 0 fully saturated rings. The van der Waals surface area contributed by atoms with E-state index in [0.717, 1.165) is 6.07 Å². The Morgan fingerprint density at radius 1 is 1.38 bits per heavy atom. The predicted molar refractivity (Wildman–Crippen MR) is 55.1 cm³/mol. The minimum Gasteiger partial charge on any atom is -0.506 e. The van der Waals surface area contributed by atoms with E-state index in [1.54, 1.807) is 0 Å². The van der Waals surface area contributed by atoms with E-state index in [9.17, 15) is 14.7 Å². The van der Waals surface area contributed by atoms with Gasteiger partial charge in [0.2, 0.25) is 5.78 Å². The van der Waals surface area contributed by atoms with E-state index in [4.69, 9.17) is 9.52 Å². The van der Waals surface area contributed by atoms with E-state index in [1.165, 1.54) is 18.4 Å². The van der Waals surface area contributed by atoms with Gasteiger partial charge in [0.05, 0.1) is 6.26 Å². The number of thiophene rings is 1. The number of aromatic carboxylic acids is 1. The van der Waals surface area contributed by atoms with Crippen LogP contribution in [0.4, 0.5) is 0 Å². The molecular formula is C10H6O5S. The van der Waals surface area contributed by atoms with Crippen LogP contribution in [0, 0.1) is 0 Å². The highest BCUT2D eigenvalue weighted by molar-refractivity contribution is 7.16. The second-order valence-electron chi connectivity index (χ2n) is 2.94. The first kappa shape index (κ1) is 10.4. The van der Waals surface area contributed by atoms with Crippen molar-refractivity contribution >= 4 is 23.1 Å². The summed E-state index contributed by atoms with van der Waals surface area (Å²) in [6, 6.07) is 4.03. The topological polar surface area (TPSA) is 87.7 Å². The maximum Gasteiger partial charge on any atom is 0.346 e. The lowest BCUT2D eigenvalue weighted by atomic mass is 10.2. The van der Waals surface area contributed by atoms with Crippen LogP contribution < -0.4 is 0 Å². The SMILES string of the molecule is O=C(O)c1cc(O)c(C(=O)c2ccco2)s1. The molecule has 2 aromatic rings. The minimum absolute atomic E-state index is 0.0349. The third kappa shape index (κ3) is 1.70. The van der Waals surface area contributed by atoms with E-state index in [2.05, 4.69) is 0 Å². The second-order valence-corrected chi connectivity index (χ2v) is 3.99. The van der Waals surface area contributed by atoms with Crippen LogP contribution in [0.15, 0.2) is 28.9 Å². The van der Waals surface area contributed by atoms with E-state index in [0.29, 0.717) is 11.3 Å². The van der Waals surface area contributed by atoms with Crippen LogP contribution in [0.1, 0.15) is 25.1 Å². The summed E-state index contributed by atoms with van der Waals surface area (Å²) in [6.45, 7) is 0. The molecule has 0 aliphatic carbocycles. The standard InChI is InChI=1S/C10H6O5S/c11-5-4-7(10(13)14)16-9(5)8(12)6-2-1-3-15-6/h1-4,11H,(H,13,14). The van der Waals surface area contributed by atoms with Gasteiger partial charge in [-0.1, -0.05) is 0 Å². The Morgan fingerprint density at radius 3 is 2.62 bits per heavy atom. The third-order valence-electron chi connectivity index (χ3n) is 1.87. The molecule has 0 saturated heterocycles. The van der Waals surface area contributed by atoms with Crippen molar-refractivity contribution in [2.45, 2.75) is 0 Å². The Balaban J connectivity index is 2.41. The Bertz CT molecular complexity index is 538. The first-order chi connectivity index (χ1) is 7.59. The number of carbonyl (C=O) groups excluding carboxylic acids is 1. The molecule has 0 atom stereocenters. The fourth-order valence-corrected chi connectivity index (χ4v) is 2.00. The van der Waals surface area contributed by atoms with Crippen molar-refractivity contribution in [3.8, 4) is 5.75 Å². The van der Waals surface area contributed by atoms with Crippen LogP contribution in [0.5, 0.6) is 5.75 Å². The molecule has 16 heavy (non-hydrogen) atoms. The van der Waals surface area contributed by atoms with Gasteiger partial charge in [-0.05, 0) is 12.1 Å². The summed E-state index contributed by atoms with van der Waals surface area (Å²) in [5.41, 5.74) is 0. The molecule has 0 unspecified atom stereocenters. The van der Waals surface area contributed by atoms with Crippen LogP contribution in [0.2, 0.25) is 0 Å². The quantitative estimate of drug-likeness (QED) is 0.798. The van der Waals surface area contributed by atoms with Gasteiger partial charge in [-0.15, -0.1) is 11.3 Å². The smallest absolute Gasteiger partial charge is 0.346 e. The molecule has 6 heteroatoms. The lowest BCUT2D eigenvalue weighted by Crippen LogP contribution is -1.96. The van der Waals surface area contributed by atoms with Crippen LogP contribution in [0.25, 0.3) is 0 Å².